The van der Waals surface area contributed by atoms with Crippen LogP contribution in [0, 0.1) is 5.82 Å². The molecule has 1 aliphatic rings. The van der Waals surface area contributed by atoms with E-state index in [0.717, 1.165) is 0 Å². The summed E-state index contributed by atoms with van der Waals surface area (Å²) < 4.78 is 21.2. The van der Waals surface area contributed by atoms with Gasteiger partial charge < -0.3 is 15.8 Å². The third-order valence-corrected chi connectivity index (χ3v) is 5.36. The lowest BCUT2D eigenvalue weighted by Gasteiger charge is -2.30. The Morgan fingerprint density at radius 2 is 2.06 bits per heavy atom. The van der Waals surface area contributed by atoms with Gasteiger partial charge in [0.2, 0.25) is 0 Å². The maximum atomic E-state index is 14.3. The molecule has 0 spiro atoms. The lowest BCUT2D eigenvalue weighted by molar-refractivity contribution is 0.122. The monoisotopic (exact) mass is 462 g/mol. The van der Waals surface area contributed by atoms with Crippen LogP contribution in [0.2, 0.25) is 0 Å². The number of hydrogen-bond acceptors (Lipinski definition) is 8. The number of amides is 1. The number of carbonyl (C=O) groups excluding carboxylic acids is 1. The fourth-order valence-corrected chi connectivity index (χ4v) is 3.89. The zero-order valence-corrected chi connectivity index (χ0v) is 18.7. The number of carbonyl (C=O) groups is 1. The van der Waals surface area contributed by atoms with Gasteiger partial charge in [-0.1, -0.05) is 18.2 Å². The fraction of sp³-hybridized carbons (Fsp3) is 0.261. The van der Waals surface area contributed by atoms with Gasteiger partial charge in [-0.25, -0.2) is 28.8 Å². The lowest BCUT2D eigenvalue weighted by Crippen LogP contribution is -2.41. The van der Waals surface area contributed by atoms with Crippen LogP contribution in [-0.4, -0.2) is 50.0 Å². The molecule has 0 fully saturated rings. The molecule has 34 heavy (non-hydrogen) atoms. The van der Waals surface area contributed by atoms with Crippen molar-refractivity contribution >= 4 is 34.4 Å². The maximum Gasteiger partial charge on any atom is 0.414 e. The van der Waals surface area contributed by atoms with Gasteiger partial charge in [0.05, 0.1) is 18.0 Å². The minimum absolute atomic E-state index is 0.119. The van der Waals surface area contributed by atoms with Crippen LogP contribution in [0.5, 0.6) is 0 Å². The van der Waals surface area contributed by atoms with Gasteiger partial charge in [0.1, 0.15) is 17.2 Å². The predicted octanol–water partition coefficient (Wildman–Crippen LogP) is 3.43. The molecule has 3 N–H and O–H groups in total. The number of halogens is 1. The lowest BCUT2D eigenvalue weighted by atomic mass is 10.2. The Bertz CT molecular complexity index is 1390. The number of nitrogen functional groups attached to an aromatic ring is 1. The molecule has 3 aromatic heterocycles. The van der Waals surface area contributed by atoms with Crippen LogP contribution in [0.15, 0.2) is 42.6 Å². The Morgan fingerprint density at radius 3 is 2.85 bits per heavy atom. The molecule has 0 atom stereocenters. The van der Waals surface area contributed by atoms with Crippen molar-refractivity contribution in [1.82, 2.24) is 24.7 Å². The Balaban J connectivity index is 1.58. The molecule has 0 saturated heterocycles. The second-order valence-corrected chi connectivity index (χ2v) is 8.11. The largest absolute Gasteiger partial charge is 0.446 e. The molecule has 0 bridgehead atoms. The quantitative estimate of drug-likeness (QED) is 0.473. The van der Waals surface area contributed by atoms with Crippen molar-refractivity contribution in [2.45, 2.75) is 26.5 Å². The highest BCUT2D eigenvalue weighted by Gasteiger charge is 2.30. The fourth-order valence-electron chi connectivity index (χ4n) is 3.89. The Morgan fingerprint density at radius 1 is 1.24 bits per heavy atom. The number of pyridine rings is 1. The standard InChI is InChI=1S/C23H23FN8O2/c1-13(2)34-23(33)31-11-10-26-21-18(31)19(25)28-20(29-21)17-15-7-5-9-27-22(15)32(30-17)12-14-6-3-4-8-16(14)24/h3-9,13H,10-12H2,1-2H3,(H3,25,26,28,29). The molecule has 4 heterocycles. The second-order valence-electron chi connectivity index (χ2n) is 8.11. The van der Waals surface area contributed by atoms with E-state index in [9.17, 15) is 9.18 Å². The van der Waals surface area contributed by atoms with Crippen molar-refractivity contribution in [2.75, 3.05) is 29.0 Å². The van der Waals surface area contributed by atoms with E-state index in [1.807, 2.05) is 6.07 Å². The summed E-state index contributed by atoms with van der Waals surface area (Å²) in [5.74, 6) is 0.479. The summed E-state index contributed by atoms with van der Waals surface area (Å²) in [6.07, 6.45) is 0.863. The van der Waals surface area contributed by atoms with E-state index in [4.69, 9.17) is 10.5 Å². The molecule has 174 valence electrons. The van der Waals surface area contributed by atoms with Gasteiger partial charge in [-0.2, -0.15) is 5.10 Å². The molecular formula is C23H23FN8O2. The third kappa shape index (κ3) is 3.85. The number of anilines is 3. The topological polar surface area (TPSA) is 124 Å². The highest BCUT2D eigenvalue weighted by atomic mass is 19.1. The average Bonchev–Trinajstić information content (AvgIpc) is 3.18. The number of nitrogens with two attached hydrogens (primary N) is 1. The number of rotatable bonds is 4. The highest BCUT2D eigenvalue weighted by molar-refractivity contribution is 5.97. The molecule has 1 amide bonds. The van der Waals surface area contributed by atoms with Crippen LogP contribution in [0.4, 0.5) is 26.5 Å². The normalized spacial score (nSPS) is 13.1. The summed E-state index contributed by atoms with van der Waals surface area (Å²) in [4.78, 5) is 27.5. The smallest absolute Gasteiger partial charge is 0.414 e. The minimum atomic E-state index is -0.510. The predicted molar refractivity (Wildman–Crippen MR) is 126 cm³/mol. The molecule has 10 nitrogen and oxygen atoms in total. The number of nitrogens with zero attached hydrogens (tertiary/aromatic N) is 6. The van der Waals surface area contributed by atoms with Crippen LogP contribution in [0.25, 0.3) is 22.6 Å². The Hall–Kier alpha value is -4.28. The van der Waals surface area contributed by atoms with Crippen molar-refractivity contribution < 1.29 is 13.9 Å². The van der Waals surface area contributed by atoms with Gasteiger partial charge in [-0.05, 0) is 32.0 Å². The molecule has 1 aromatic carbocycles. The zero-order valence-electron chi connectivity index (χ0n) is 18.7. The van der Waals surface area contributed by atoms with E-state index in [0.29, 0.717) is 46.9 Å². The SMILES string of the molecule is CC(C)OC(=O)N1CCNc2nc(-c3nn(Cc4ccccc4F)c4ncccc34)nc(N)c21. The number of benzene rings is 1. The maximum absolute atomic E-state index is 14.3. The first-order valence-corrected chi connectivity index (χ1v) is 10.9. The van der Waals surface area contributed by atoms with Gasteiger partial charge >= 0.3 is 6.09 Å². The molecule has 0 unspecified atom stereocenters. The summed E-state index contributed by atoms with van der Waals surface area (Å²) in [5.41, 5.74) is 8.17. The third-order valence-electron chi connectivity index (χ3n) is 5.36. The molecule has 4 aromatic rings. The first kappa shape index (κ1) is 21.6. The van der Waals surface area contributed by atoms with E-state index in [2.05, 4.69) is 25.4 Å². The summed E-state index contributed by atoms with van der Waals surface area (Å²) in [6.45, 7) is 4.59. The molecule has 5 rings (SSSR count). The van der Waals surface area contributed by atoms with Crippen LogP contribution >= 0.6 is 0 Å². The zero-order chi connectivity index (χ0) is 23.8. The molecule has 0 saturated carbocycles. The second kappa shape index (κ2) is 8.58. The van der Waals surface area contributed by atoms with Crippen molar-refractivity contribution in [3.63, 3.8) is 0 Å². The summed E-state index contributed by atoms with van der Waals surface area (Å²) in [5, 5.41) is 8.53. The first-order valence-electron chi connectivity index (χ1n) is 10.9. The van der Waals surface area contributed by atoms with Crippen LogP contribution in [-0.2, 0) is 11.3 Å². The average molecular weight is 462 g/mol. The van der Waals surface area contributed by atoms with E-state index >= 15 is 0 Å². The van der Waals surface area contributed by atoms with Gasteiger partial charge in [0, 0.05) is 24.8 Å². The van der Waals surface area contributed by atoms with Crippen molar-refractivity contribution in [2.24, 2.45) is 0 Å². The number of ether oxygens (including phenoxy) is 1. The van der Waals surface area contributed by atoms with E-state index in [-0.39, 0.29) is 30.1 Å². The van der Waals surface area contributed by atoms with Gasteiger partial charge in [0.25, 0.3) is 0 Å². The van der Waals surface area contributed by atoms with Gasteiger partial charge in [-0.3, -0.25) is 4.90 Å². The van der Waals surface area contributed by atoms with Crippen LogP contribution in [0.1, 0.15) is 19.4 Å². The number of fused-ring (bicyclic) bond motifs is 2. The molecule has 1 aliphatic heterocycles. The van der Waals surface area contributed by atoms with E-state index in [1.54, 1.807) is 49.0 Å². The molecule has 0 aliphatic carbocycles. The summed E-state index contributed by atoms with van der Waals surface area (Å²) in [6, 6.07) is 10.2. The summed E-state index contributed by atoms with van der Waals surface area (Å²) >= 11 is 0. The van der Waals surface area contributed by atoms with Gasteiger partial charge in [0.15, 0.2) is 23.1 Å². The number of hydrogen-bond donors (Lipinski definition) is 2. The first-order chi connectivity index (χ1) is 16.4. The highest BCUT2D eigenvalue weighted by Crippen LogP contribution is 2.36. The van der Waals surface area contributed by atoms with E-state index in [1.165, 1.54) is 11.0 Å². The summed E-state index contributed by atoms with van der Waals surface area (Å²) in [7, 11) is 0. The van der Waals surface area contributed by atoms with Crippen molar-refractivity contribution in [3.8, 4) is 11.5 Å². The number of aromatic nitrogens is 5. The van der Waals surface area contributed by atoms with Crippen LogP contribution < -0.4 is 16.0 Å². The number of nitrogens with one attached hydrogen (secondary N) is 1. The van der Waals surface area contributed by atoms with E-state index < -0.39 is 6.09 Å². The Kier molecular flexibility index (Phi) is 5.44. The molecule has 0 radical (unpaired) electrons. The van der Waals surface area contributed by atoms with Gasteiger partial charge in [-0.15, -0.1) is 0 Å². The minimum Gasteiger partial charge on any atom is -0.446 e. The van der Waals surface area contributed by atoms with Crippen molar-refractivity contribution in [3.05, 3.63) is 54.0 Å². The van der Waals surface area contributed by atoms with Crippen LogP contribution in [0.3, 0.4) is 0 Å². The molecule has 11 heteroatoms. The molecular weight excluding hydrogens is 439 g/mol. The Labute approximate surface area is 194 Å². The van der Waals surface area contributed by atoms with Crippen molar-refractivity contribution in [1.29, 1.82) is 0 Å².